The standard InChI is InChI=1S/C67H44Si/c1-68(2)63-26-14-10-22-53(63)55-39-57-58(40-64(55)68)66(48-30-28-42-16-4-6-18-44(42)36-48)56-37-45(32-34-54(56)65(57)47-29-27-41-15-3-5-17-43(41)35-47)46-31-33-52-51-21-9-13-25-61(51)67(62(52)38-46)59-23-11-7-19-49(59)50-20-8-12-24-60(50)67/h3-40H,1-2H3. The van der Waals surface area contributed by atoms with Crippen molar-refractivity contribution in [3.05, 3.63) is 253 Å². The van der Waals surface area contributed by atoms with Crippen LogP contribution in [0.2, 0.25) is 13.1 Å². The van der Waals surface area contributed by atoms with Gasteiger partial charge >= 0.3 is 0 Å². The topological polar surface area (TPSA) is 0 Å². The van der Waals surface area contributed by atoms with Crippen LogP contribution in [0.25, 0.3) is 110 Å². The van der Waals surface area contributed by atoms with Crippen molar-refractivity contribution in [3.8, 4) is 66.8 Å². The minimum Gasteiger partial charge on any atom is -0.0623 e. The molecular formula is C67H44Si. The number of fused-ring (bicyclic) bond motifs is 17. The van der Waals surface area contributed by atoms with Gasteiger partial charge in [-0.1, -0.05) is 213 Å². The maximum absolute atomic E-state index is 2.63. The Morgan fingerprint density at radius 3 is 1.32 bits per heavy atom. The third-order valence-electron chi connectivity index (χ3n) is 16.2. The molecule has 68 heavy (non-hydrogen) atoms. The molecule has 12 aromatic rings. The molecule has 0 aromatic heterocycles. The molecule has 1 heteroatoms. The van der Waals surface area contributed by atoms with E-state index in [0.717, 1.165) is 0 Å². The maximum atomic E-state index is 2.63. The van der Waals surface area contributed by atoms with Gasteiger partial charge in [-0.2, -0.15) is 0 Å². The molecule has 0 saturated carbocycles. The van der Waals surface area contributed by atoms with Crippen LogP contribution >= 0.6 is 0 Å². The summed E-state index contributed by atoms with van der Waals surface area (Å²) in [5.41, 5.74) is 20.7. The van der Waals surface area contributed by atoms with Crippen LogP contribution in [-0.2, 0) is 5.41 Å². The molecule has 1 heterocycles. The molecule has 0 atom stereocenters. The van der Waals surface area contributed by atoms with Gasteiger partial charge in [0.05, 0.1) is 5.41 Å². The summed E-state index contributed by atoms with van der Waals surface area (Å²) in [6.07, 6.45) is 0. The highest BCUT2D eigenvalue weighted by Crippen LogP contribution is 2.63. The molecule has 0 N–H and O–H groups in total. The van der Waals surface area contributed by atoms with Crippen molar-refractivity contribution in [2.24, 2.45) is 0 Å². The average Bonchev–Trinajstić information content (AvgIpc) is 3.95. The molecule has 0 bridgehead atoms. The van der Waals surface area contributed by atoms with Crippen molar-refractivity contribution in [2.75, 3.05) is 0 Å². The average molecular weight is 877 g/mol. The highest BCUT2D eigenvalue weighted by molar-refractivity contribution is 7.04. The molecule has 0 radical (unpaired) electrons. The largest absolute Gasteiger partial charge is 0.113 e. The molecule has 12 aromatic carbocycles. The van der Waals surface area contributed by atoms with E-state index in [-0.39, 0.29) is 0 Å². The second-order valence-electron chi connectivity index (χ2n) is 19.9. The Morgan fingerprint density at radius 1 is 0.265 bits per heavy atom. The third-order valence-corrected chi connectivity index (χ3v) is 19.8. The minimum atomic E-state index is -2.03. The van der Waals surface area contributed by atoms with Crippen LogP contribution in [0.15, 0.2) is 231 Å². The van der Waals surface area contributed by atoms with Crippen molar-refractivity contribution in [2.45, 2.75) is 18.5 Å². The van der Waals surface area contributed by atoms with E-state index in [1.54, 1.807) is 0 Å². The minimum absolute atomic E-state index is 0.406. The molecule has 3 aliphatic rings. The number of hydrogen-bond donors (Lipinski definition) is 0. The van der Waals surface area contributed by atoms with E-state index in [2.05, 4.69) is 244 Å². The Kier molecular flexibility index (Phi) is 7.68. The van der Waals surface area contributed by atoms with E-state index in [0.29, 0.717) is 0 Å². The Morgan fingerprint density at radius 2 is 0.706 bits per heavy atom. The lowest BCUT2D eigenvalue weighted by atomic mass is 9.70. The predicted octanol–water partition coefficient (Wildman–Crippen LogP) is 16.4. The second-order valence-corrected chi connectivity index (χ2v) is 24.2. The van der Waals surface area contributed by atoms with Gasteiger partial charge in [-0.3, -0.25) is 0 Å². The summed E-state index contributed by atoms with van der Waals surface area (Å²) in [5.74, 6) is 0. The zero-order chi connectivity index (χ0) is 44.9. The van der Waals surface area contributed by atoms with Gasteiger partial charge in [0.25, 0.3) is 0 Å². The van der Waals surface area contributed by atoms with Gasteiger partial charge in [-0.25, -0.2) is 0 Å². The van der Waals surface area contributed by atoms with Gasteiger partial charge in [0.2, 0.25) is 0 Å². The highest BCUT2D eigenvalue weighted by atomic mass is 28.3. The molecule has 0 amide bonds. The first-order valence-corrected chi connectivity index (χ1v) is 27.1. The Bertz CT molecular complexity index is 4120. The number of rotatable bonds is 3. The van der Waals surface area contributed by atoms with Gasteiger partial charge in [0, 0.05) is 0 Å². The first-order chi connectivity index (χ1) is 33.5. The Hall–Kier alpha value is -8.10. The zero-order valence-electron chi connectivity index (χ0n) is 37.9. The van der Waals surface area contributed by atoms with Crippen LogP contribution in [0.1, 0.15) is 22.3 Å². The fourth-order valence-electron chi connectivity index (χ4n) is 13.2. The van der Waals surface area contributed by atoms with E-state index in [9.17, 15) is 0 Å². The van der Waals surface area contributed by atoms with Gasteiger partial charge in [-0.15, -0.1) is 0 Å². The maximum Gasteiger partial charge on any atom is 0.113 e. The first-order valence-electron chi connectivity index (χ1n) is 24.1. The lowest BCUT2D eigenvalue weighted by Gasteiger charge is -2.30. The smallest absolute Gasteiger partial charge is 0.0623 e. The van der Waals surface area contributed by atoms with E-state index in [1.807, 2.05) is 0 Å². The highest BCUT2D eigenvalue weighted by Gasteiger charge is 2.51. The normalized spacial score (nSPS) is 14.3. The SMILES string of the molecule is C[Si]1(C)c2ccccc2-c2cc3c(-c4ccc5ccccc5c4)c4ccc(-c5ccc6c(c5)C5(c7ccccc7-c7ccccc75)c5ccccc5-6)cc4c(-c4ccc5ccccc5c4)c3cc21. The zero-order valence-corrected chi connectivity index (χ0v) is 38.9. The summed E-state index contributed by atoms with van der Waals surface area (Å²) in [6, 6.07) is 88.3. The molecule has 0 unspecified atom stereocenters. The predicted molar refractivity (Wildman–Crippen MR) is 291 cm³/mol. The van der Waals surface area contributed by atoms with Gasteiger partial charge in [0.15, 0.2) is 0 Å². The fourth-order valence-corrected chi connectivity index (χ4v) is 16.3. The quantitative estimate of drug-likeness (QED) is 0.123. The van der Waals surface area contributed by atoms with Crippen LogP contribution in [-0.4, -0.2) is 8.07 Å². The molecule has 15 rings (SSSR count). The summed E-state index contributed by atoms with van der Waals surface area (Å²) < 4.78 is 0. The van der Waals surface area contributed by atoms with Crippen LogP contribution in [0.5, 0.6) is 0 Å². The Labute approximate surface area is 397 Å². The lowest BCUT2D eigenvalue weighted by molar-refractivity contribution is 0.794. The van der Waals surface area contributed by atoms with Crippen molar-refractivity contribution in [1.29, 1.82) is 0 Å². The summed E-state index contributed by atoms with van der Waals surface area (Å²) in [4.78, 5) is 0. The van der Waals surface area contributed by atoms with E-state index < -0.39 is 13.5 Å². The van der Waals surface area contributed by atoms with Gasteiger partial charge in [-0.05, 0) is 173 Å². The molecule has 0 nitrogen and oxygen atoms in total. The molecule has 0 saturated heterocycles. The second kappa shape index (κ2) is 13.7. The number of benzene rings is 12. The van der Waals surface area contributed by atoms with Crippen molar-refractivity contribution in [3.63, 3.8) is 0 Å². The van der Waals surface area contributed by atoms with Crippen molar-refractivity contribution < 1.29 is 0 Å². The molecular weight excluding hydrogens is 833 g/mol. The van der Waals surface area contributed by atoms with Gasteiger partial charge in [0.1, 0.15) is 8.07 Å². The summed E-state index contributed by atoms with van der Waals surface area (Å²) in [7, 11) is -2.03. The summed E-state index contributed by atoms with van der Waals surface area (Å²) in [5, 5.41) is 13.2. The van der Waals surface area contributed by atoms with E-state index in [4.69, 9.17) is 0 Å². The van der Waals surface area contributed by atoms with Gasteiger partial charge < -0.3 is 0 Å². The van der Waals surface area contributed by atoms with Crippen molar-refractivity contribution >= 4 is 61.5 Å². The third kappa shape index (κ3) is 4.99. The summed E-state index contributed by atoms with van der Waals surface area (Å²) >= 11 is 0. The Balaban J connectivity index is 1.05. The van der Waals surface area contributed by atoms with E-state index >= 15 is 0 Å². The monoisotopic (exact) mass is 876 g/mol. The summed E-state index contributed by atoms with van der Waals surface area (Å²) in [6.45, 7) is 5.09. The lowest BCUT2D eigenvalue weighted by Crippen LogP contribution is -2.49. The first kappa shape index (κ1) is 38.0. The molecule has 1 aliphatic heterocycles. The van der Waals surface area contributed by atoms with Crippen molar-refractivity contribution in [1.82, 2.24) is 0 Å². The van der Waals surface area contributed by atoms with Crippen LogP contribution < -0.4 is 10.4 Å². The molecule has 0 fully saturated rings. The van der Waals surface area contributed by atoms with E-state index in [1.165, 1.54) is 142 Å². The number of hydrogen-bond acceptors (Lipinski definition) is 0. The molecule has 316 valence electrons. The van der Waals surface area contributed by atoms with Crippen LogP contribution in [0, 0.1) is 0 Å². The van der Waals surface area contributed by atoms with Crippen LogP contribution in [0.3, 0.4) is 0 Å². The molecule has 2 aliphatic carbocycles. The molecule has 1 spiro atoms. The fraction of sp³-hybridized carbons (Fsp3) is 0.0448. The van der Waals surface area contributed by atoms with Crippen LogP contribution in [0.4, 0.5) is 0 Å².